The summed E-state index contributed by atoms with van der Waals surface area (Å²) in [6.45, 7) is 4.89. The van der Waals surface area contributed by atoms with E-state index >= 15 is 0 Å². The van der Waals surface area contributed by atoms with E-state index in [-0.39, 0.29) is 0 Å². The SMILES string of the molecule is CCCCCCOC1(C(=O)O)CCCC(C)C1. The van der Waals surface area contributed by atoms with E-state index in [2.05, 4.69) is 13.8 Å². The second-order valence-corrected chi connectivity index (χ2v) is 5.41. The first kappa shape index (κ1) is 14.5. The molecule has 1 aliphatic rings. The van der Waals surface area contributed by atoms with Crippen LogP contribution in [0.4, 0.5) is 0 Å². The van der Waals surface area contributed by atoms with Gasteiger partial charge in [0.1, 0.15) is 0 Å². The lowest BCUT2D eigenvalue weighted by Gasteiger charge is -2.36. The van der Waals surface area contributed by atoms with E-state index < -0.39 is 11.6 Å². The van der Waals surface area contributed by atoms with E-state index in [9.17, 15) is 9.90 Å². The Morgan fingerprint density at radius 3 is 2.76 bits per heavy atom. The first-order valence-electron chi connectivity index (χ1n) is 6.98. The lowest BCUT2D eigenvalue weighted by molar-refractivity contribution is -0.173. The molecular formula is C14H26O3. The number of carboxylic acid groups (broad SMARTS) is 1. The van der Waals surface area contributed by atoms with Crippen LogP contribution in [0, 0.1) is 5.92 Å². The van der Waals surface area contributed by atoms with Gasteiger partial charge in [-0.25, -0.2) is 4.79 Å². The van der Waals surface area contributed by atoms with Gasteiger partial charge in [-0.05, 0) is 31.6 Å². The lowest BCUT2D eigenvalue weighted by Crippen LogP contribution is -2.45. The van der Waals surface area contributed by atoms with Crippen molar-refractivity contribution in [2.24, 2.45) is 5.92 Å². The monoisotopic (exact) mass is 242 g/mol. The molecule has 0 aromatic rings. The third-order valence-corrected chi connectivity index (χ3v) is 3.72. The molecule has 0 aliphatic heterocycles. The van der Waals surface area contributed by atoms with Crippen molar-refractivity contribution in [1.82, 2.24) is 0 Å². The van der Waals surface area contributed by atoms with Crippen LogP contribution in [0.5, 0.6) is 0 Å². The zero-order valence-electron chi connectivity index (χ0n) is 11.2. The molecule has 1 aliphatic carbocycles. The van der Waals surface area contributed by atoms with Gasteiger partial charge in [-0.3, -0.25) is 0 Å². The van der Waals surface area contributed by atoms with Crippen LogP contribution in [-0.4, -0.2) is 23.3 Å². The minimum absolute atomic E-state index is 0.468. The van der Waals surface area contributed by atoms with Crippen LogP contribution in [0.3, 0.4) is 0 Å². The third kappa shape index (κ3) is 4.30. The summed E-state index contributed by atoms with van der Waals surface area (Å²) in [5, 5.41) is 9.38. The number of ether oxygens (including phenoxy) is 1. The van der Waals surface area contributed by atoms with Crippen LogP contribution < -0.4 is 0 Å². The van der Waals surface area contributed by atoms with Crippen molar-refractivity contribution < 1.29 is 14.6 Å². The van der Waals surface area contributed by atoms with Crippen molar-refractivity contribution in [3.63, 3.8) is 0 Å². The van der Waals surface area contributed by atoms with E-state index in [4.69, 9.17) is 4.74 Å². The first-order valence-corrected chi connectivity index (χ1v) is 6.98. The standard InChI is InChI=1S/C14H26O3/c1-3-4-5-6-10-17-14(13(15)16)9-7-8-12(2)11-14/h12H,3-11H2,1-2H3,(H,15,16). The topological polar surface area (TPSA) is 46.5 Å². The molecule has 0 spiro atoms. The smallest absolute Gasteiger partial charge is 0.335 e. The van der Waals surface area contributed by atoms with Crippen LogP contribution in [0.2, 0.25) is 0 Å². The molecule has 0 aromatic heterocycles. The van der Waals surface area contributed by atoms with Crippen molar-refractivity contribution in [2.45, 2.75) is 70.8 Å². The highest BCUT2D eigenvalue weighted by Crippen LogP contribution is 2.35. The highest BCUT2D eigenvalue weighted by Gasteiger charge is 2.42. The Hall–Kier alpha value is -0.570. The third-order valence-electron chi connectivity index (χ3n) is 3.72. The molecule has 0 radical (unpaired) electrons. The molecule has 100 valence electrons. The number of aliphatic carboxylic acids is 1. The van der Waals surface area contributed by atoms with E-state index in [1.807, 2.05) is 0 Å². The summed E-state index contributed by atoms with van der Waals surface area (Å²) >= 11 is 0. The summed E-state index contributed by atoms with van der Waals surface area (Å²) < 4.78 is 5.75. The molecular weight excluding hydrogens is 216 g/mol. The molecule has 1 rings (SSSR count). The summed E-state index contributed by atoms with van der Waals surface area (Å²) in [6, 6.07) is 0. The van der Waals surface area contributed by atoms with Gasteiger partial charge in [-0.2, -0.15) is 0 Å². The Kier molecular flexibility index (Phi) is 5.96. The molecule has 0 saturated heterocycles. The summed E-state index contributed by atoms with van der Waals surface area (Å²) in [4.78, 5) is 11.4. The quantitative estimate of drug-likeness (QED) is 0.694. The fraction of sp³-hybridized carbons (Fsp3) is 0.929. The van der Waals surface area contributed by atoms with E-state index in [0.29, 0.717) is 25.4 Å². The molecule has 17 heavy (non-hydrogen) atoms. The second-order valence-electron chi connectivity index (χ2n) is 5.41. The molecule has 3 heteroatoms. The van der Waals surface area contributed by atoms with Gasteiger partial charge < -0.3 is 9.84 Å². The number of rotatable bonds is 7. The Labute approximate surface area is 105 Å². The molecule has 2 atom stereocenters. The van der Waals surface area contributed by atoms with Crippen molar-refractivity contribution in [1.29, 1.82) is 0 Å². The van der Waals surface area contributed by atoms with Gasteiger partial charge in [0, 0.05) is 6.61 Å². The van der Waals surface area contributed by atoms with Crippen molar-refractivity contribution in [2.75, 3.05) is 6.61 Å². The van der Waals surface area contributed by atoms with E-state index in [0.717, 1.165) is 25.7 Å². The maximum Gasteiger partial charge on any atom is 0.335 e. The Balaban J connectivity index is 2.40. The van der Waals surface area contributed by atoms with Gasteiger partial charge >= 0.3 is 5.97 Å². The Morgan fingerprint density at radius 2 is 2.18 bits per heavy atom. The second kappa shape index (κ2) is 7.00. The van der Waals surface area contributed by atoms with Gasteiger partial charge in [0.05, 0.1) is 0 Å². The van der Waals surface area contributed by atoms with Crippen molar-refractivity contribution in [3.8, 4) is 0 Å². The number of hydrogen-bond donors (Lipinski definition) is 1. The van der Waals surface area contributed by atoms with Gasteiger partial charge in [0.25, 0.3) is 0 Å². The molecule has 0 heterocycles. The zero-order valence-corrected chi connectivity index (χ0v) is 11.2. The maximum atomic E-state index is 11.4. The van der Waals surface area contributed by atoms with Gasteiger partial charge in [-0.15, -0.1) is 0 Å². The van der Waals surface area contributed by atoms with Crippen LogP contribution in [0.25, 0.3) is 0 Å². The molecule has 1 N–H and O–H groups in total. The number of unbranched alkanes of at least 4 members (excludes halogenated alkanes) is 3. The fourth-order valence-electron chi connectivity index (χ4n) is 2.69. The number of hydrogen-bond acceptors (Lipinski definition) is 2. The summed E-state index contributed by atoms with van der Waals surface area (Å²) in [5.41, 5.74) is -0.885. The molecule has 2 unspecified atom stereocenters. The zero-order chi connectivity index (χ0) is 12.7. The fourth-order valence-corrected chi connectivity index (χ4v) is 2.69. The molecule has 0 bridgehead atoms. The van der Waals surface area contributed by atoms with Crippen molar-refractivity contribution >= 4 is 5.97 Å². The van der Waals surface area contributed by atoms with Crippen molar-refractivity contribution in [3.05, 3.63) is 0 Å². The van der Waals surface area contributed by atoms with E-state index in [1.165, 1.54) is 12.8 Å². The normalized spacial score (nSPS) is 29.2. The average molecular weight is 242 g/mol. The molecule has 1 saturated carbocycles. The summed E-state index contributed by atoms with van der Waals surface area (Å²) in [7, 11) is 0. The average Bonchev–Trinajstić information content (AvgIpc) is 2.28. The highest BCUT2D eigenvalue weighted by atomic mass is 16.5. The minimum atomic E-state index is -0.885. The first-order chi connectivity index (χ1) is 8.10. The van der Waals surface area contributed by atoms with E-state index in [1.54, 1.807) is 0 Å². The number of carboxylic acids is 1. The Morgan fingerprint density at radius 1 is 1.41 bits per heavy atom. The summed E-state index contributed by atoms with van der Waals surface area (Å²) in [5.74, 6) is -0.296. The van der Waals surface area contributed by atoms with Gasteiger partial charge in [0.2, 0.25) is 0 Å². The largest absolute Gasteiger partial charge is 0.479 e. The highest BCUT2D eigenvalue weighted by molar-refractivity contribution is 5.77. The molecule has 1 fully saturated rings. The lowest BCUT2D eigenvalue weighted by atomic mass is 9.79. The summed E-state index contributed by atoms with van der Waals surface area (Å²) in [6.07, 6.45) is 7.99. The van der Waals surface area contributed by atoms with Crippen LogP contribution in [0.1, 0.15) is 65.2 Å². The van der Waals surface area contributed by atoms with Crippen LogP contribution in [0.15, 0.2) is 0 Å². The predicted molar refractivity (Wildman–Crippen MR) is 68.1 cm³/mol. The van der Waals surface area contributed by atoms with Crippen LogP contribution in [-0.2, 0) is 9.53 Å². The Bertz CT molecular complexity index is 240. The molecule has 0 aromatic carbocycles. The maximum absolute atomic E-state index is 11.4. The minimum Gasteiger partial charge on any atom is -0.479 e. The van der Waals surface area contributed by atoms with Crippen LogP contribution >= 0.6 is 0 Å². The molecule has 0 amide bonds. The number of carbonyl (C=O) groups is 1. The predicted octanol–water partition coefficient (Wildman–Crippen LogP) is 3.62. The molecule has 3 nitrogen and oxygen atoms in total. The van der Waals surface area contributed by atoms with Gasteiger partial charge in [-0.1, -0.05) is 39.5 Å². The van der Waals surface area contributed by atoms with Gasteiger partial charge in [0.15, 0.2) is 5.60 Å².